The van der Waals surface area contributed by atoms with E-state index in [2.05, 4.69) is 11.4 Å². The molecule has 0 aliphatic carbocycles. The van der Waals surface area contributed by atoms with Crippen LogP contribution in [0.4, 0.5) is 5.69 Å². The van der Waals surface area contributed by atoms with Gasteiger partial charge in [-0.05, 0) is 75.2 Å². The first-order chi connectivity index (χ1) is 12.4. The number of rotatable bonds is 7. The van der Waals surface area contributed by atoms with Gasteiger partial charge in [0.1, 0.15) is 5.75 Å². The maximum absolute atomic E-state index is 12.5. The fourth-order valence-corrected chi connectivity index (χ4v) is 2.60. The number of hydrogen-bond acceptors (Lipinski definition) is 5. The highest BCUT2D eigenvalue weighted by Crippen LogP contribution is 2.27. The predicted octanol–water partition coefficient (Wildman–Crippen LogP) is 4.37. The van der Waals surface area contributed by atoms with E-state index < -0.39 is 6.04 Å². The molecular weight excluding hydrogens is 328 g/mol. The molecule has 0 amide bonds. The largest absolute Gasteiger partial charge is 0.491 e. The summed E-state index contributed by atoms with van der Waals surface area (Å²) in [6, 6.07) is 14.1. The summed E-state index contributed by atoms with van der Waals surface area (Å²) in [5.41, 5.74) is 3.05. The Bertz CT molecular complexity index is 792. The minimum atomic E-state index is -0.669. The number of esters is 1. The van der Waals surface area contributed by atoms with Crippen LogP contribution < -0.4 is 10.1 Å². The van der Waals surface area contributed by atoms with Crippen LogP contribution >= 0.6 is 0 Å². The minimum Gasteiger partial charge on any atom is -0.491 e. The number of nitrogens with zero attached hydrogens (tertiary/aromatic N) is 1. The van der Waals surface area contributed by atoms with Crippen molar-refractivity contribution in [3.8, 4) is 11.8 Å². The molecule has 2 rings (SSSR count). The first-order valence-electron chi connectivity index (χ1n) is 8.64. The molecule has 1 atom stereocenters. The average Bonchev–Trinajstić information content (AvgIpc) is 2.59. The third kappa shape index (κ3) is 5.25. The van der Waals surface area contributed by atoms with E-state index in [1.807, 2.05) is 39.0 Å². The number of hydrogen-bond donors (Lipinski definition) is 1. The molecule has 5 nitrogen and oxygen atoms in total. The monoisotopic (exact) mass is 352 g/mol. The van der Waals surface area contributed by atoms with Gasteiger partial charge in [-0.1, -0.05) is 6.07 Å². The van der Waals surface area contributed by atoms with Crippen molar-refractivity contribution in [1.29, 1.82) is 5.26 Å². The molecule has 136 valence electrons. The van der Waals surface area contributed by atoms with Crippen molar-refractivity contribution in [2.75, 3.05) is 11.9 Å². The van der Waals surface area contributed by atoms with Gasteiger partial charge >= 0.3 is 5.97 Å². The second kappa shape index (κ2) is 8.91. The van der Waals surface area contributed by atoms with Gasteiger partial charge in [0.2, 0.25) is 0 Å². The SMILES string of the molecule is CCOC(=O)C(Nc1ccc(C#N)cc1)c1cc(C)cc(OC(C)C)c1. The van der Waals surface area contributed by atoms with Crippen molar-refractivity contribution in [1.82, 2.24) is 0 Å². The molecule has 2 aromatic carbocycles. The summed E-state index contributed by atoms with van der Waals surface area (Å²) in [5, 5.41) is 12.1. The smallest absolute Gasteiger partial charge is 0.333 e. The quantitative estimate of drug-likeness (QED) is 0.749. The molecule has 0 aliphatic heterocycles. The van der Waals surface area contributed by atoms with Gasteiger partial charge in [0, 0.05) is 5.69 Å². The minimum absolute atomic E-state index is 0.0391. The lowest BCUT2D eigenvalue weighted by molar-refractivity contribution is -0.144. The standard InChI is InChI=1S/C21H24N2O3/c1-5-25-21(24)20(23-18-8-6-16(13-22)7-9-18)17-10-15(4)11-19(12-17)26-14(2)3/h6-12,14,20,23H,5H2,1-4H3. The average molecular weight is 352 g/mol. The summed E-state index contributed by atoms with van der Waals surface area (Å²) in [6.07, 6.45) is 0.0391. The van der Waals surface area contributed by atoms with Crippen molar-refractivity contribution >= 4 is 11.7 Å². The zero-order valence-electron chi connectivity index (χ0n) is 15.6. The fraction of sp³-hybridized carbons (Fsp3) is 0.333. The summed E-state index contributed by atoms with van der Waals surface area (Å²) < 4.78 is 11.0. The maximum atomic E-state index is 12.5. The number of anilines is 1. The Morgan fingerprint density at radius 3 is 2.46 bits per heavy atom. The van der Waals surface area contributed by atoms with Gasteiger partial charge in [0.15, 0.2) is 6.04 Å². The molecule has 1 unspecified atom stereocenters. The van der Waals surface area contributed by atoms with E-state index in [1.54, 1.807) is 31.2 Å². The van der Waals surface area contributed by atoms with Crippen molar-refractivity contribution in [3.63, 3.8) is 0 Å². The van der Waals surface area contributed by atoms with Crippen LogP contribution in [0.3, 0.4) is 0 Å². The zero-order chi connectivity index (χ0) is 19.1. The number of carbonyl (C=O) groups is 1. The van der Waals surface area contributed by atoms with Crippen LogP contribution in [0.25, 0.3) is 0 Å². The lowest BCUT2D eigenvalue weighted by Crippen LogP contribution is -2.23. The molecule has 0 saturated carbocycles. The Hall–Kier alpha value is -3.00. The van der Waals surface area contributed by atoms with Crippen molar-refractivity contribution < 1.29 is 14.3 Å². The molecule has 2 aromatic rings. The molecule has 26 heavy (non-hydrogen) atoms. The lowest BCUT2D eigenvalue weighted by Gasteiger charge is -2.21. The topological polar surface area (TPSA) is 71.3 Å². The predicted molar refractivity (Wildman–Crippen MR) is 101 cm³/mol. The van der Waals surface area contributed by atoms with Crippen LogP contribution in [0.1, 0.15) is 43.5 Å². The molecule has 0 heterocycles. The van der Waals surface area contributed by atoms with Crippen LogP contribution in [-0.4, -0.2) is 18.7 Å². The summed E-state index contributed by atoms with van der Waals surface area (Å²) in [5.74, 6) is 0.351. The molecule has 0 spiro atoms. The van der Waals surface area contributed by atoms with E-state index in [9.17, 15) is 4.79 Å². The second-order valence-electron chi connectivity index (χ2n) is 6.26. The van der Waals surface area contributed by atoms with Gasteiger partial charge in [-0.25, -0.2) is 4.79 Å². The number of nitriles is 1. The van der Waals surface area contributed by atoms with Gasteiger partial charge < -0.3 is 14.8 Å². The Morgan fingerprint density at radius 1 is 1.19 bits per heavy atom. The molecule has 1 N–H and O–H groups in total. The normalized spacial score (nSPS) is 11.5. The van der Waals surface area contributed by atoms with E-state index in [4.69, 9.17) is 14.7 Å². The Morgan fingerprint density at radius 2 is 1.88 bits per heavy atom. The van der Waals surface area contributed by atoms with E-state index in [0.29, 0.717) is 17.9 Å². The molecule has 0 aliphatic rings. The van der Waals surface area contributed by atoms with Gasteiger partial charge in [0.05, 0.1) is 24.3 Å². The highest BCUT2D eigenvalue weighted by molar-refractivity contribution is 5.81. The van der Waals surface area contributed by atoms with Gasteiger partial charge in [0.25, 0.3) is 0 Å². The highest BCUT2D eigenvalue weighted by atomic mass is 16.5. The molecule has 0 aromatic heterocycles. The summed E-state index contributed by atoms with van der Waals surface area (Å²) in [6.45, 7) is 7.95. The van der Waals surface area contributed by atoms with Crippen molar-refractivity contribution in [2.45, 2.75) is 39.8 Å². The molecule has 0 bridgehead atoms. The lowest BCUT2D eigenvalue weighted by atomic mass is 10.0. The van der Waals surface area contributed by atoms with E-state index in [-0.39, 0.29) is 12.1 Å². The second-order valence-corrected chi connectivity index (χ2v) is 6.26. The molecule has 0 radical (unpaired) electrons. The van der Waals surface area contributed by atoms with Crippen molar-refractivity contribution in [3.05, 3.63) is 59.2 Å². The Kier molecular flexibility index (Phi) is 6.62. The van der Waals surface area contributed by atoms with E-state index >= 15 is 0 Å². The molecule has 0 fully saturated rings. The first-order valence-corrected chi connectivity index (χ1v) is 8.64. The summed E-state index contributed by atoms with van der Waals surface area (Å²) in [7, 11) is 0. The number of ether oxygens (including phenoxy) is 2. The molecule has 0 saturated heterocycles. The van der Waals surface area contributed by atoms with Crippen LogP contribution in [0, 0.1) is 18.3 Å². The van der Waals surface area contributed by atoms with E-state index in [0.717, 1.165) is 16.8 Å². The van der Waals surface area contributed by atoms with Crippen molar-refractivity contribution in [2.24, 2.45) is 0 Å². The molecular formula is C21H24N2O3. The van der Waals surface area contributed by atoms with E-state index in [1.165, 1.54) is 0 Å². The fourth-order valence-electron chi connectivity index (χ4n) is 2.60. The first kappa shape index (κ1) is 19.3. The Balaban J connectivity index is 2.36. The number of nitrogens with one attached hydrogen (secondary N) is 1. The highest BCUT2D eigenvalue weighted by Gasteiger charge is 2.23. The number of carbonyl (C=O) groups excluding carboxylic acids is 1. The maximum Gasteiger partial charge on any atom is 0.333 e. The van der Waals surface area contributed by atoms with Crippen LogP contribution in [0.2, 0.25) is 0 Å². The number of aryl methyl sites for hydroxylation is 1. The van der Waals surface area contributed by atoms with Gasteiger partial charge in [-0.3, -0.25) is 0 Å². The van der Waals surface area contributed by atoms with Crippen LogP contribution in [-0.2, 0) is 9.53 Å². The third-order valence-electron chi connectivity index (χ3n) is 3.63. The van der Waals surface area contributed by atoms with Gasteiger partial charge in [-0.15, -0.1) is 0 Å². The van der Waals surface area contributed by atoms with Crippen LogP contribution in [0.15, 0.2) is 42.5 Å². The zero-order valence-corrected chi connectivity index (χ0v) is 15.6. The Labute approximate surface area is 154 Å². The molecule has 5 heteroatoms. The summed E-state index contributed by atoms with van der Waals surface area (Å²) >= 11 is 0. The van der Waals surface area contributed by atoms with Gasteiger partial charge in [-0.2, -0.15) is 5.26 Å². The van der Waals surface area contributed by atoms with Crippen LogP contribution in [0.5, 0.6) is 5.75 Å². The number of benzene rings is 2. The third-order valence-corrected chi connectivity index (χ3v) is 3.63. The summed E-state index contributed by atoms with van der Waals surface area (Å²) in [4.78, 5) is 12.5.